The second-order valence-electron chi connectivity index (χ2n) is 4.81. The van der Waals surface area contributed by atoms with Gasteiger partial charge in [-0.05, 0) is 24.1 Å². The van der Waals surface area contributed by atoms with Gasteiger partial charge in [0, 0.05) is 5.92 Å². The predicted molar refractivity (Wildman–Crippen MR) is 79.2 cm³/mol. The van der Waals surface area contributed by atoms with Crippen LogP contribution in [0.3, 0.4) is 0 Å². The summed E-state index contributed by atoms with van der Waals surface area (Å²) >= 11 is 0. The summed E-state index contributed by atoms with van der Waals surface area (Å²) in [6.45, 7) is 4.30. The zero-order valence-corrected chi connectivity index (χ0v) is 12.2. The number of benzene rings is 1. The summed E-state index contributed by atoms with van der Waals surface area (Å²) in [7, 11) is 1.61. The second-order valence-corrected chi connectivity index (χ2v) is 4.81. The van der Waals surface area contributed by atoms with Crippen molar-refractivity contribution in [3.63, 3.8) is 0 Å². The minimum Gasteiger partial charge on any atom is -0.497 e. The van der Waals surface area contributed by atoms with E-state index >= 15 is 0 Å². The molecular formula is C16H22O5. The van der Waals surface area contributed by atoms with E-state index in [9.17, 15) is 9.90 Å². The average Bonchev–Trinajstić information content (AvgIpc) is 2.46. The largest absolute Gasteiger partial charge is 0.497 e. The Hall–Kier alpha value is -1.85. The highest BCUT2D eigenvalue weighted by molar-refractivity contribution is 5.67. The van der Waals surface area contributed by atoms with Gasteiger partial charge in [-0.3, -0.25) is 4.79 Å². The highest BCUT2D eigenvalue weighted by Gasteiger charge is 2.21. The van der Waals surface area contributed by atoms with E-state index in [4.69, 9.17) is 14.6 Å². The van der Waals surface area contributed by atoms with E-state index in [1.807, 2.05) is 24.3 Å². The fourth-order valence-corrected chi connectivity index (χ4v) is 1.95. The molecule has 0 aliphatic rings. The van der Waals surface area contributed by atoms with Crippen LogP contribution in [0.25, 0.3) is 0 Å². The third kappa shape index (κ3) is 6.42. The highest BCUT2D eigenvalue weighted by Crippen LogP contribution is 2.16. The van der Waals surface area contributed by atoms with Crippen molar-refractivity contribution in [2.24, 2.45) is 5.92 Å². The average molecular weight is 294 g/mol. The number of carboxylic acid groups (broad SMARTS) is 1. The summed E-state index contributed by atoms with van der Waals surface area (Å²) in [5.41, 5.74) is 0.987. The first-order valence-electron chi connectivity index (χ1n) is 6.78. The summed E-state index contributed by atoms with van der Waals surface area (Å²) in [6, 6.07) is 7.49. The Balaban J connectivity index is 2.44. The maximum absolute atomic E-state index is 10.6. The number of aliphatic hydroxyl groups excluding tert-OH is 1. The van der Waals surface area contributed by atoms with Crippen LogP contribution in [-0.4, -0.2) is 36.0 Å². The molecule has 1 aromatic rings. The van der Waals surface area contributed by atoms with Crippen LogP contribution in [0.2, 0.25) is 0 Å². The van der Waals surface area contributed by atoms with Gasteiger partial charge < -0.3 is 19.7 Å². The lowest BCUT2D eigenvalue weighted by Gasteiger charge is -2.20. The minimum absolute atomic E-state index is 0.267. The molecule has 1 aromatic carbocycles. The minimum atomic E-state index is -1.02. The van der Waals surface area contributed by atoms with Gasteiger partial charge in [-0.2, -0.15) is 0 Å². The van der Waals surface area contributed by atoms with Crippen molar-refractivity contribution >= 4 is 5.97 Å². The molecule has 5 nitrogen and oxygen atoms in total. The first-order valence-corrected chi connectivity index (χ1v) is 6.78. The number of rotatable bonds is 10. The molecule has 1 rings (SSSR count). The number of hydrogen-bond donors (Lipinski definition) is 2. The standard InChI is InChI=1S/C16H22O5/c1-3-4-13(15(17)9-16(18)19)11-21-10-12-5-7-14(20-2)8-6-12/h3,5-8,13,15,17H,1,4,9-11H2,2H3,(H,18,19). The molecule has 21 heavy (non-hydrogen) atoms. The van der Waals surface area contributed by atoms with Gasteiger partial charge >= 0.3 is 5.97 Å². The lowest BCUT2D eigenvalue weighted by atomic mass is 9.97. The fraction of sp³-hybridized carbons (Fsp3) is 0.438. The van der Waals surface area contributed by atoms with Crippen LogP contribution >= 0.6 is 0 Å². The van der Waals surface area contributed by atoms with Crippen molar-refractivity contribution in [2.75, 3.05) is 13.7 Å². The molecule has 0 heterocycles. The molecule has 2 N–H and O–H groups in total. The molecule has 0 amide bonds. The van der Waals surface area contributed by atoms with Crippen molar-refractivity contribution in [3.05, 3.63) is 42.5 Å². The zero-order valence-electron chi connectivity index (χ0n) is 12.2. The first kappa shape index (κ1) is 17.2. The number of carbonyl (C=O) groups is 1. The van der Waals surface area contributed by atoms with E-state index in [1.165, 1.54) is 0 Å². The Morgan fingerprint density at radius 3 is 2.57 bits per heavy atom. The second kappa shape index (κ2) is 9.15. The van der Waals surface area contributed by atoms with Crippen LogP contribution < -0.4 is 4.74 Å². The van der Waals surface area contributed by atoms with Crippen molar-refractivity contribution in [2.45, 2.75) is 25.6 Å². The number of hydrogen-bond acceptors (Lipinski definition) is 4. The molecule has 0 aromatic heterocycles. The molecule has 0 bridgehead atoms. The summed E-state index contributed by atoms with van der Waals surface area (Å²) < 4.78 is 10.6. The van der Waals surface area contributed by atoms with E-state index < -0.39 is 12.1 Å². The Kier molecular flexibility index (Phi) is 7.50. The van der Waals surface area contributed by atoms with E-state index in [0.717, 1.165) is 11.3 Å². The number of methoxy groups -OCH3 is 1. The van der Waals surface area contributed by atoms with Gasteiger partial charge in [-0.1, -0.05) is 18.2 Å². The van der Waals surface area contributed by atoms with E-state index in [1.54, 1.807) is 13.2 Å². The number of allylic oxidation sites excluding steroid dienone is 1. The van der Waals surface area contributed by atoms with Gasteiger partial charge in [0.1, 0.15) is 5.75 Å². The third-order valence-electron chi connectivity index (χ3n) is 3.16. The Labute approximate surface area is 124 Å². The molecule has 0 radical (unpaired) electrons. The van der Waals surface area contributed by atoms with Crippen LogP contribution in [0, 0.1) is 5.92 Å². The maximum Gasteiger partial charge on any atom is 0.305 e. The molecule has 2 atom stereocenters. The van der Waals surface area contributed by atoms with Gasteiger partial charge in [0.05, 0.1) is 32.8 Å². The molecule has 116 valence electrons. The van der Waals surface area contributed by atoms with Crippen molar-refractivity contribution in [1.82, 2.24) is 0 Å². The molecule has 0 saturated heterocycles. The topological polar surface area (TPSA) is 76.0 Å². The molecule has 0 aliphatic heterocycles. The Morgan fingerprint density at radius 1 is 1.38 bits per heavy atom. The third-order valence-corrected chi connectivity index (χ3v) is 3.16. The molecule has 5 heteroatoms. The smallest absolute Gasteiger partial charge is 0.305 e. The Bertz CT molecular complexity index is 440. The van der Waals surface area contributed by atoms with Crippen molar-refractivity contribution in [3.8, 4) is 5.75 Å². The van der Waals surface area contributed by atoms with Crippen molar-refractivity contribution < 1.29 is 24.5 Å². The van der Waals surface area contributed by atoms with Gasteiger partial charge in [0.2, 0.25) is 0 Å². The molecule has 2 unspecified atom stereocenters. The summed E-state index contributed by atoms with van der Waals surface area (Å²) in [4.78, 5) is 10.6. The molecule has 0 saturated carbocycles. The molecule has 0 fully saturated rings. The summed E-state index contributed by atoms with van der Waals surface area (Å²) in [5, 5.41) is 18.6. The number of aliphatic hydroxyl groups is 1. The van der Waals surface area contributed by atoms with Crippen LogP contribution in [0.5, 0.6) is 5.75 Å². The van der Waals surface area contributed by atoms with Crippen LogP contribution in [-0.2, 0) is 16.1 Å². The van der Waals surface area contributed by atoms with Gasteiger partial charge in [0.15, 0.2) is 0 Å². The SMILES string of the molecule is C=CCC(COCc1ccc(OC)cc1)C(O)CC(=O)O. The van der Waals surface area contributed by atoms with Gasteiger partial charge in [0.25, 0.3) is 0 Å². The number of ether oxygens (including phenoxy) is 2. The summed E-state index contributed by atoms with van der Waals surface area (Å²) in [6.07, 6.45) is 0.949. The van der Waals surface area contributed by atoms with Gasteiger partial charge in [-0.25, -0.2) is 0 Å². The van der Waals surface area contributed by atoms with Gasteiger partial charge in [-0.15, -0.1) is 6.58 Å². The van der Waals surface area contributed by atoms with E-state index in [0.29, 0.717) is 13.0 Å². The lowest BCUT2D eigenvalue weighted by molar-refractivity contribution is -0.140. The Morgan fingerprint density at radius 2 is 2.05 bits per heavy atom. The normalized spacial score (nSPS) is 13.4. The van der Waals surface area contributed by atoms with Crippen molar-refractivity contribution in [1.29, 1.82) is 0 Å². The summed E-state index contributed by atoms with van der Waals surface area (Å²) in [5.74, 6) is -0.510. The van der Waals surface area contributed by atoms with E-state index in [-0.39, 0.29) is 18.9 Å². The maximum atomic E-state index is 10.6. The molecular weight excluding hydrogens is 272 g/mol. The number of carboxylic acids is 1. The molecule has 0 spiro atoms. The van der Waals surface area contributed by atoms with Crippen LogP contribution in [0.1, 0.15) is 18.4 Å². The number of aliphatic carboxylic acids is 1. The van der Waals surface area contributed by atoms with Crippen LogP contribution in [0.4, 0.5) is 0 Å². The quantitative estimate of drug-likeness (QED) is 0.647. The lowest BCUT2D eigenvalue weighted by Crippen LogP contribution is -2.27. The first-order chi connectivity index (χ1) is 10.1. The zero-order chi connectivity index (χ0) is 15.7. The fourth-order valence-electron chi connectivity index (χ4n) is 1.95. The van der Waals surface area contributed by atoms with Crippen LogP contribution in [0.15, 0.2) is 36.9 Å². The highest BCUT2D eigenvalue weighted by atomic mass is 16.5. The molecule has 0 aliphatic carbocycles. The van der Waals surface area contributed by atoms with E-state index in [2.05, 4.69) is 6.58 Å². The monoisotopic (exact) mass is 294 g/mol. The predicted octanol–water partition coefficient (Wildman–Crippen LogP) is 2.24.